The van der Waals surface area contributed by atoms with Gasteiger partial charge >= 0.3 is 0 Å². The highest BCUT2D eigenvalue weighted by molar-refractivity contribution is 8.13. The van der Waals surface area contributed by atoms with Crippen molar-refractivity contribution in [1.29, 1.82) is 0 Å². The predicted octanol–water partition coefficient (Wildman–Crippen LogP) is 1.63. The fourth-order valence-electron chi connectivity index (χ4n) is 1.48. The Bertz CT molecular complexity index is 527. The second-order valence-electron chi connectivity index (χ2n) is 4.23. The molecular weight excluding hydrogens is 290 g/mol. The predicted molar refractivity (Wildman–Crippen MR) is 72.9 cm³/mol. The first-order valence-corrected chi connectivity index (χ1v) is 7.97. The minimum atomic E-state index is -3.75. The number of carbonyl (C=O) groups excluding carboxylic acids is 1. The number of hydrogen-bond donors (Lipinski definition) is 1. The van der Waals surface area contributed by atoms with Crippen molar-refractivity contribution in [2.45, 2.75) is 11.8 Å². The summed E-state index contributed by atoms with van der Waals surface area (Å²) in [6.07, 6.45) is 0. The third-order valence-corrected chi connectivity index (χ3v) is 3.83. The van der Waals surface area contributed by atoms with E-state index in [0.717, 1.165) is 0 Å². The Labute approximate surface area is 117 Å². The van der Waals surface area contributed by atoms with Gasteiger partial charge in [0.2, 0.25) is 0 Å². The van der Waals surface area contributed by atoms with Crippen LogP contribution in [0.25, 0.3) is 0 Å². The molecule has 0 aliphatic heterocycles. The number of hydrogen-bond acceptors (Lipinski definition) is 4. The summed E-state index contributed by atoms with van der Waals surface area (Å²) in [4.78, 5) is 11.8. The van der Waals surface area contributed by atoms with E-state index in [4.69, 9.17) is 15.4 Å². The standard InChI is InChI=1S/C12H16ClNO4S/c1-9(8-18-2)7-14-12(15)10-3-5-11(6-4-10)19(13,16)17/h3-6,9H,7-8H2,1-2H3,(H,14,15). The summed E-state index contributed by atoms with van der Waals surface area (Å²) in [5.41, 5.74) is 0.383. The van der Waals surface area contributed by atoms with Gasteiger partial charge in [-0.05, 0) is 30.2 Å². The Kier molecular flexibility index (Phi) is 5.78. The minimum absolute atomic E-state index is 0.0292. The quantitative estimate of drug-likeness (QED) is 0.811. The molecule has 0 spiro atoms. The van der Waals surface area contributed by atoms with Crippen LogP contribution in [-0.4, -0.2) is 34.6 Å². The maximum Gasteiger partial charge on any atom is 0.261 e. The van der Waals surface area contributed by atoms with Gasteiger partial charge in [0.15, 0.2) is 0 Å². The highest BCUT2D eigenvalue weighted by atomic mass is 35.7. The van der Waals surface area contributed by atoms with Gasteiger partial charge in [0.1, 0.15) is 0 Å². The average Bonchev–Trinajstić information content (AvgIpc) is 2.35. The highest BCUT2D eigenvalue weighted by Crippen LogP contribution is 2.15. The summed E-state index contributed by atoms with van der Waals surface area (Å²) < 4.78 is 27.1. The third kappa shape index (κ3) is 5.18. The monoisotopic (exact) mass is 305 g/mol. The van der Waals surface area contributed by atoms with Gasteiger partial charge in [-0.15, -0.1) is 0 Å². The van der Waals surface area contributed by atoms with Crippen molar-refractivity contribution in [3.8, 4) is 0 Å². The minimum Gasteiger partial charge on any atom is -0.384 e. The van der Waals surface area contributed by atoms with Crippen LogP contribution in [0.2, 0.25) is 0 Å². The molecule has 1 aromatic carbocycles. The highest BCUT2D eigenvalue weighted by Gasteiger charge is 2.12. The molecule has 0 aliphatic carbocycles. The van der Waals surface area contributed by atoms with Crippen LogP contribution in [0.3, 0.4) is 0 Å². The van der Waals surface area contributed by atoms with E-state index in [0.29, 0.717) is 18.7 Å². The normalized spacial score (nSPS) is 13.0. The van der Waals surface area contributed by atoms with Crippen LogP contribution in [0.4, 0.5) is 0 Å². The van der Waals surface area contributed by atoms with E-state index in [1.165, 1.54) is 24.3 Å². The van der Waals surface area contributed by atoms with Gasteiger partial charge in [-0.25, -0.2) is 8.42 Å². The molecule has 0 aromatic heterocycles. The van der Waals surface area contributed by atoms with Gasteiger partial charge < -0.3 is 10.1 Å². The van der Waals surface area contributed by atoms with Crippen molar-refractivity contribution in [1.82, 2.24) is 5.32 Å². The number of amides is 1. The van der Waals surface area contributed by atoms with E-state index < -0.39 is 9.05 Å². The molecule has 0 radical (unpaired) electrons. The Morgan fingerprint density at radius 2 is 1.95 bits per heavy atom. The zero-order valence-corrected chi connectivity index (χ0v) is 12.3. The topological polar surface area (TPSA) is 72.5 Å². The number of benzene rings is 1. The molecule has 0 aliphatic rings. The van der Waals surface area contributed by atoms with E-state index in [1.807, 2.05) is 6.92 Å². The van der Waals surface area contributed by atoms with Gasteiger partial charge in [-0.2, -0.15) is 0 Å². The van der Waals surface area contributed by atoms with Crippen LogP contribution in [-0.2, 0) is 13.8 Å². The van der Waals surface area contributed by atoms with Gasteiger partial charge in [0.25, 0.3) is 15.0 Å². The summed E-state index contributed by atoms with van der Waals surface area (Å²) in [6.45, 7) is 3.00. The summed E-state index contributed by atoms with van der Waals surface area (Å²) in [5, 5.41) is 2.74. The van der Waals surface area contributed by atoms with Crippen LogP contribution in [0.5, 0.6) is 0 Å². The van der Waals surface area contributed by atoms with Crippen LogP contribution in [0, 0.1) is 5.92 Å². The van der Waals surface area contributed by atoms with E-state index >= 15 is 0 Å². The second kappa shape index (κ2) is 6.88. The molecule has 1 N–H and O–H groups in total. The molecule has 106 valence electrons. The fourth-order valence-corrected chi connectivity index (χ4v) is 2.25. The lowest BCUT2D eigenvalue weighted by Crippen LogP contribution is -2.29. The number of nitrogens with one attached hydrogen (secondary N) is 1. The lowest BCUT2D eigenvalue weighted by molar-refractivity contribution is 0.0934. The molecule has 0 saturated carbocycles. The van der Waals surface area contributed by atoms with E-state index in [1.54, 1.807) is 7.11 Å². The Morgan fingerprint density at radius 1 is 1.37 bits per heavy atom. The van der Waals surface area contributed by atoms with Crippen molar-refractivity contribution >= 4 is 25.6 Å². The van der Waals surface area contributed by atoms with Crippen molar-refractivity contribution < 1.29 is 17.9 Å². The van der Waals surface area contributed by atoms with Gasteiger partial charge in [-0.3, -0.25) is 4.79 Å². The van der Waals surface area contributed by atoms with E-state index in [-0.39, 0.29) is 16.7 Å². The van der Waals surface area contributed by atoms with Crippen LogP contribution in [0.15, 0.2) is 29.2 Å². The Balaban J connectivity index is 2.64. The van der Waals surface area contributed by atoms with Crippen molar-refractivity contribution in [2.75, 3.05) is 20.3 Å². The lowest BCUT2D eigenvalue weighted by Gasteiger charge is -2.11. The van der Waals surface area contributed by atoms with Crippen molar-refractivity contribution in [2.24, 2.45) is 5.92 Å². The van der Waals surface area contributed by atoms with Crippen LogP contribution >= 0.6 is 10.7 Å². The first-order valence-electron chi connectivity index (χ1n) is 5.66. The zero-order valence-electron chi connectivity index (χ0n) is 10.7. The largest absolute Gasteiger partial charge is 0.384 e. The van der Waals surface area contributed by atoms with Crippen molar-refractivity contribution in [3.63, 3.8) is 0 Å². The SMILES string of the molecule is COCC(C)CNC(=O)c1ccc(S(=O)(=O)Cl)cc1. The number of halogens is 1. The molecule has 1 atom stereocenters. The third-order valence-electron chi connectivity index (χ3n) is 2.46. The van der Waals surface area contributed by atoms with Gasteiger partial charge in [0, 0.05) is 29.9 Å². The average molecular weight is 306 g/mol. The first-order chi connectivity index (χ1) is 8.84. The molecule has 19 heavy (non-hydrogen) atoms. The number of rotatable bonds is 6. The molecule has 1 rings (SSSR count). The van der Waals surface area contributed by atoms with Crippen LogP contribution in [0.1, 0.15) is 17.3 Å². The fraction of sp³-hybridized carbons (Fsp3) is 0.417. The molecule has 0 heterocycles. The summed E-state index contributed by atoms with van der Waals surface area (Å²) in [6, 6.07) is 5.45. The van der Waals surface area contributed by atoms with Gasteiger partial charge in [-0.1, -0.05) is 6.92 Å². The molecule has 0 bridgehead atoms. The molecule has 1 amide bonds. The van der Waals surface area contributed by atoms with E-state index in [9.17, 15) is 13.2 Å². The second-order valence-corrected chi connectivity index (χ2v) is 6.80. The molecule has 0 saturated heterocycles. The van der Waals surface area contributed by atoms with Gasteiger partial charge in [0.05, 0.1) is 11.5 Å². The number of ether oxygens (including phenoxy) is 1. The van der Waals surface area contributed by atoms with Crippen molar-refractivity contribution in [3.05, 3.63) is 29.8 Å². The molecule has 1 unspecified atom stereocenters. The molecule has 1 aromatic rings. The number of carbonyl (C=O) groups is 1. The lowest BCUT2D eigenvalue weighted by atomic mass is 10.1. The Morgan fingerprint density at radius 3 is 2.42 bits per heavy atom. The van der Waals surface area contributed by atoms with E-state index in [2.05, 4.69) is 5.32 Å². The molecule has 7 heteroatoms. The molecular formula is C12H16ClNO4S. The first kappa shape index (κ1) is 15.9. The smallest absolute Gasteiger partial charge is 0.261 e. The number of methoxy groups -OCH3 is 1. The summed E-state index contributed by atoms with van der Waals surface area (Å²) in [5.74, 6) is -0.0575. The van der Waals surface area contributed by atoms with Crippen LogP contribution < -0.4 is 5.32 Å². The zero-order chi connectivity index (χ0) is 14.5. The maximum absolute atomic E-state index is 11.8. The molecule has 0 fully saturated rings. The summed E-state index contributed by atoms with van der Waals surface area (Å²) >= 11 is 0. The summed E-state index contributed by atoms with van der Waals surface area (Å²) in [7, 11) is 3.03. The molecule has 5 nitrogen and oxygen atoms in total. The Hall–Kier alpha value is -1.11. The maximum atomic E-state index is 11.8.